The van der Waals surface area contributed by atoms with Gasteiger partial charge in [0.2, 0.25) is 17.6 Å². The van der Waals surface area contributed by atoms with Crippen LogP contribution in [0.1, 0.15) is 24.7 Å². The summed E-state index contributed by atoms with van der Waals surface area (Å²) in [5.41, 5.74) is 1.26. The first-order chi connectivity index (χ1) is 15.0. The molecule has 1 amide bonds. The van der Waals surface area contributed by atoms with Crippen LogP contribution in [0.15, 0.2) is 47.0 Å². The lowest BCUT2D eigenvalue weighted by molar-refractivity contribution is -0.117. The molecule has 3 aromatic rings. The van der Waals surface area contributed by atoms with Crippen LogP contribution in [-0.4, -0.2) is 47.7 Å². The summed E-state index contributed by atoms with van der Waals surface area (Å²) in [4.78, 5) is 19.0. The molecule has 2 aromatic carbocycles. The van der Waals surface area contributed by atoms with Gasteiger partial charge in [0.25, 0.3) is 0 Å². The molecule has 1 saturated heterocycles. The van der Waals surface area contributed by atoms with Crippen LogP contribution >= 0.6 is 11.6 Å². The van der Waals surface area contributed by atoms with E-state index in [1.807, 2.05) is 0 Å². The lowest BCUT2D eigenvalue weighted by Crippen LogP contribution is -2.38. The molecule has 0 aliphatic carbocycles. The molecule has 1 fully saturated rings. The molecular formula is C22H22ClFN4O3. The number of hydrogen-bond acceptors (Lipinski definition) is 6. The van der Waals surface area contributed by atoms with E-state index in [2.05, 4.69) is 20.4 Å². The minimum absolute atomic E-state index is 0.129. The Morgan fingerprint density at radius 2 is 2.00 bits per heavy atom. The number of nitrogens with one attached hydrogen (secondary N) is 1. The van der Waals surface area contributed by atoms with Gasteiger partial charge in [0.15, 0.2) is 0 Å². The Morgan fingerprint density at radius 3 is 2.71 bits per heavy atom. The number of piperidine rings is 1. The second-order valence-electron chi connectivity index (χ2n) is 7.41. The van der Waals surface area contributed by atoms with Crippen molar-refractivity contribution in [2.24, 2.45) is 0 Å². The number of halogens is 2. The molecule has 0 radical (unpaired) electrons. The minimum Gasteiger partial charge on any atom is -0.495 e. The predicted molar refractivity (Wildman–Crippen MR) is 115 cm³/mol. The molecule has 162 valence electrons. The number of hydrogen-bond donors (Lipinski definition) is 1. The Morgan fingerprint density at radius 1 is 1.26 bits per heavy atom. The molecule has 9 heteroatoms. The summed E-state index contributed by atoms with van der Waals surface area (Å²) in [6.45, 7) is 1.74. The summed E-state index contributed by atoms with van der Waals surface area (Å²) >= 11 is 6.02. The van der Waals surface area contributed by atoms with Crippen LogP contribution in [0.3, 0.4) is 0 Å². The largest absolute Gasteiger partial charge is 0.495 e. The van der Waals surface area contributed by atoms with Gasteiger partial charge in [0, 0.05) is 16.5 Å². The number of amides is 1. The highest BCUT2D eigenvalue weighted by Gasteiger charge is 2.26. The minimum atomic E-state index is -0.308. The van der Waals surface area contributed by atoms with Gasteiger partial charge in [-0.05, 0) is 68.4 Å². The van der Waals surface area contributed by atoms with Crippen molar-refractivity contribution < 1.29 is 18.4 Å². The van der Waals surface area contributed by atoms with Gasteiger partial charge in [-0.25, -0.2) is 4.39 Å². The lowest BCUT2D eigenvalue weighted by atomic mass is 9.97. The predicted octanol–water partition coefficient (Wildman–Crippen LogP) is 4.36. The second-order valence-corrected chi connectivity index (χ2v) is 7.84. The monoisotopic (exact) mass is 444 g/mol. The molecular weight excluding hydrogens is 423 g/mol. The highest BCUT2D eigenvalue weighted by atomic mass is 35.5. The molecule has 0 bridgehead atoms. The van der Waals surface area contributed by atoms with Crippen molar-refractivity contribution >= 4 is 23.2 Å². The van der Waals surface area contributed by atoms with Gasteiger partial charge in [-0.1, -0.05) is 16.8 Å². The third kappa shape index (κ3) is 5.21. The van der Waals surface area contributed by atoms with E-state index in [0.717, 1.165) is 25.9 Å². The van der Waals surface area contributed by atoms with Gasteiger partial charge in [-0.3, -0.25) is 9.69 Å². The Bertz CT molecular complexity index is 1050. The van der Waals surface area contributed by atoms with Gasteiger partial charge in [-0.15, -0.1) is 0 Å². The zero-order chi connectivity index (χ0) is 21.8. The van der Waals surface area contributed by atoms with E-state index in [4.69, 9.17) is 20.9 Å². The fraction of sp³-hybridized carbons (Fsp3) is 0.318. The smallest absolute Gasteiger partial charge is 0.238 e. The van der Waals surface area contributed by atoms with Crippen LogP contribution in [0.4, 0.5) is 10.1 Å². The maximum absolute atomic E-state index is 13.1. The Hall–Kier alpha value is -2.97. The number of benzene rings is 2. The number of rotatable bonds is 6. The molecule has 1 aliphatic heterocycles. The van der Waals surface area contributed by atoms with Crippen LogP contribution in [0.25, 0.3) is 11.4 Å². The first-order valence-corrected chi connectivity index (χ1v) is 10.3. The summed E-state index contributed by atoms with van der Waals surface area (Å²) in [6, 6.07) is 11.1. The van der Waals surface area contributed by atoms with Crippen LogP contribution in [0.5, 0.6) is 5.75 Å². The summed E-state index contributed by atoms with van der Waals surface area (Å²) < 4.78 is 23.8. The van der Waals surface area contributed by atoms with Crippen molar-refractivity contribution in [1.82, 2.24) is 15.0 Å². The number of nitrogens with zero attached hydrogens (tertiary/aromatic N) is 3. The molecule has 0 saturated carbocycles. The topological polar surface area (TPSA) is 80.5 Å². The quantitative estimate of drug-likeness (QED) is 0.608. The van der Waals surface area contributed by atoms with Gasteiger partial charge in [0.1, 0.15) is 11.6 Å². The third-order valence-electron chi connectivity index (χ3n) is 5.28. The molecule has 31 heavy (non-hydrogen) atoms. The molecule has 0 spiro atoms. The van der Waals surface area contributed by atoms with Crippen molar-refractivity contribution in [3.8, 4) is 17.1 Å². The van der Waals surface area contributed by atoms with Gasteiger partial charge < -0.3 is 14.6 Å². The average molecular weight is 445 g/mol. The summed E-state index contributed by atoms with van der Waals surface area (Å²) in [5, 5.41) is 7.40. The Labute approximate surface area is 184 Å². The highest BCUT2D eigenvalue weighted by molar-refractivity contribution is 6.31. The van der Waals surface area contributed by atoms with Gasteiger partial charge in [-0.2, -0.15) is 4.98 Å². The zero-order valence-electron chi connectivity index (χ0n) is 17.0. The maximum atomic E-state index is 13.1. The van der Waals surface area contributed by atoms with Crippen molar-refractivity contribution in [3.05, 3.63) is 59.2 Å². The first kappa shape index (κ1) is 21.3. The average Bonchev–Trinajstić information content (AvgIpc) is 3.25. The van der Waals surface area contributed by atoms with E-state index >= 15 is 0 Å². The molecule has 0 atom stereocenters. The SMILES string of the molecule is COc1ccc(Cl)cc1NC(=O)CN1CCC(c2nc(-c3ccc(F)cc3)no2)CC1. The summed E-state index contributed by atoms with van der Waals surface area (Å²) in [5.74, 6) is 1.28. The Kier molecular flexibility index (Phi) is 6.48. The molecule has 4 rings (SSSR count). The van der Waals surface area contributed by atoms with E-state index in [-0.39, 0.29) is 24.2 Å². The number of anilines is 1. The first-order valence-electron chi connectivity index (χ1n) is 9.97. The van der Waals surface area contributed by atoms with Crippen molar-refractivity contribution in [2.75, 3.05) is 32.1 Å². The summed E-state index contributed by atoms with van der Waals surface area (Å²) in [6.07, 6.45) is 1.61. The number of likely N-dealkylation sites (tertiary alicyclic amines) is 1. The molecule has 0 unspecified atom stereocenters. The number of carbonyl (C=O) groups is 1. The number of methoxy groups -OCH3 is 1. The van der Waals surface area contributed by atoms with E-state index in [1.54, 1.807) is 37.4 Å². The van der Waals surface area contributed by atoms with E-state index < -0.39 is 0 Å². The maximum Gasteiger partial charge on any atom is 0.238 e. The zero-order valence-corrected chi connectivity index (χ0v) is 17.7. The fourth-order valence-electron chi connectivity index (χ4n) is 3.63. The lowest BCUT2D eigenvalue weighted by Gasteiger charge is -2.29. The third-order valence-corrected chi connectivity index (χ3v) is 5.52. The normalized spacial score (nSPS) is 15.1. The van der Waals surface area contributed by atoms with E-state index in [1.165, 1.54) is 12.1 Å². The van der Waals surface area contributed by atoms with E-state index in [0.29, 0.717) is 33.7 Å². The number of carbonyl (C=O) groups excluding carboxylic acids is 1. The van der Waals surface area contributed by atoms with Gasteiger partial charge in [0.05, 0.1) is 19.3 Å². The van der Waals surface area contributed by atoms with Crippen LogP contribution in [-0.2, 0) is 4.79 Å². The van der Waals surface area contributed by atoms with E-state index in [9.17, 15) is 9.18 Å². The highest BCUT2D eigenvalue weighted by Crippen LogP contribution is 2.30. The Balaban J connectivity index is 1.30. The molecule has 7 nitrogen and oxygen atoms in total. The van der Waals surface area contributed by atoms with Crippen molar-refractivity contribution in [2.45, 2.75) is 18.8 Å². The van der Waals surface area contributed by atoms with Crippen LogP contribution in [0.2, 0.25) is 5.02 Å². The van der Waals surface area contributed by atoms with Gasteiger partial charge >= 0.3 is 0 Å². The van der Waals surface area contributed by atoms with Crippen molar-refractivity contribution in [3.63, 3.8) is 0 Å². The number of aromatic nitrogens is 2. The van der Waals surface area contributed by atoms with Crippen LogP contribution < -0.4 is 10.1 Å². The number of ether oxygens (including phenoxy) is 1. The second kappa shape index (κ2) is 9.45. The standard InChI is InChI=1S/C22H22ClFN4O3/c1-30-19-7-4-16(23)12-18(19)25-20(29)13-28-10-8-15(9-11-28)22-26-21(27-31-22)14-2-5-17(24)6-3-14/h2-7,12,15H,8-11,13H2,1H3,(H,25,29). The molecule has 1 aliphatic rings. The van der Waals surface area contributed by atoms with Crippen molar-refractivity contribution in [1.29, 1.82) is 0 Å². The summed E-state index contributed by atoms with van der Waals surface area (Å²) in [7, 11) is 1.54. The molecule has 1 N–H and O–H groups in total. The molecule has 1 aromatic heterocycles. The molecule has 2 heterocycles. The fourth-order valence-corrected chi connectivity index (χ4v) is 3.80. The van der Waals surface area contributed by atoms with Crippen LogP contribution in [0, 0.1) is 5.82 Å².